The van der Waals surface area contributed by atoms with Gasteiger partial charge in [0.05, 0.1) is 23.4 Å². The van der Waals surface area contributed by atoms with Gasteiger partial charge < -0.3 is 14.0 Å². The van der Waals surface area contributed by atoms with Gasteiger partial charge in [-0.05, 0) is 49.7 Å². The summed E-state index contributed by atoms with van der Waals surface area (Å²) in [6.07, 6.45) is 0.978. The molecule has 186 valence electrons. The van der Waals surface area contributed by atoms with Crippen LogP contribution in [0.3, 0.4) is 0 Å². The Balaban J connectivity index is 2.04. The normalized spacial score (nSPS) is 11.2. The van der Waals surface area contributed by atoms with Crippen molar-refractivity contribution in [3.8, 4) is 5.75 Å². The van der Waals surface area contributed by atoms with Gasteiger partial charge in [0.1, 0.15) is 11.6 Å². The van der Waals surface area contributed by atoms with Gasteiger partial charge >= 0.3 is 10.1 Å². The van der Waals surface area contributed by atoms with E-state index in [1.807, 2.05) is 19.9 Å². The average Bonchev–Trinajstić information content (AvgIpc) is 2.81. The predicted molar refractivity (Wildman–Crippen MR) is 137 cm³/mol. The van der Waals surface area contributed by atoms with Crippen LogP contribution in [0.2, 0.25) is 5.02 Å². The first kappa shape index (κ1) is 26.5. The molecule has 0 aliphatic carbocycles. The third kappa shape index (κ3) is 7.19. The van der Waals surface area contributed by atoms with E-state index in [1.165, 1.54) is 17.0 Å². The van der Waals surface area contributed by atoms with Gasteiger partial charge in [0.15, 0.2) is 0 Å². The first-order valence-electron chi connectivity index (χ1n) is 11.2. The van der Waals surface area contributed by atoms with E-state index in [-0.39, 0.29) is 30.6 Å². The molecule has 3 aromatic carbocycles. The number of amides is 1. The van der Waals surface area contributed by atoms with Crippen molar-refractivity contribution >= 4 is 33.3 Å². The number of halogens is 2. The fraction of sp³-hybridized carbons (Fsp3) is 0.269. The lowest BCUT2D eigenvalue weighted by atomic mass is 10.1. The minimum Gasteiger partial charge on any atom is -0.382 e. The van der Waals surface area contributed by atoms with Crippen LogP contribution in [-0.2, 0) is 23.2 Å². The molecule has 3 rings (SSSR count). The molecule has 0 aliphatic rings. The number of hydrogen-bond donors (Lipinski definition) is 0. The van der Waals surface area contributed by atoms with E-state index in [1.54, 1.807) is 48.5 Å². The first-order valence-corrected chi connectivity index (χ1v) is 13.4. The molecule has 35 heavy (non-hydrogen) atoms. The molecule has 0 spiro atoms. The Labute approximate surface area is 211 Å². The average molecular weight is 519 g/mol. The molecule has 1 amide bonds. The van der Waals surface area contributed by atoms with Crippen LogP contribution in [0.25, 0.3) is 0 Å². The Bertz CT molecular complexity index is 1280. The lowest BCUT2D eigenvalue weighted by molar-refractivity contribution is 0.0729. The predicted octanol–water partition coefficient (Wildman–Crippen LogP) is 5.51. The van der Waals surface area contributed by atoms with Crippen LogP contribution in [0, 0.1) is 5.82 Å². The molecule has 9 heteroatoms. The molecule has 0 bridgehead atoms. The zero-order valence-corrected chi connectivity index (χ0v) is 21.4. The maximum absolute atomic E-state index is 13.5. The number of nitrogens with zero attached hydrogens (tertiary/aromatic N) is 2. The second-order valence-corrected chi connectivity index (χ2v) is 10.0. The van der Waals surface area contributed by atoms with E-state index in [4.69, 9.17) is 15.8 Å². The Hall–Kier alpha value is -3.10. The zero-order valence-electron chi connectivity index (χ0n) is 19.9. The third-order valence-corrected chi connectivity index (χ3v) is 6.27. The number of carbonyl (C=O) groups is 1. The SMILES string of the molecule is CCN(CC)c1ccc(CN(Cc2ccc(F)cc2)C(=O)c2ccccc2Cl)c(OS(C)(=O)=O)c1. The zero-order chi connectivity index (χ0) is 25.6. The van der Waals surface area contributed by atoms with Crippen LogP contribution in [0.5, 0.6) is 5.75 Å². The molecular formula is C26H28ClFN2O4S. The standard InChI is InChI=1S/C26H28ClFN2O4S/c1-4-29(5-2)22-15-12-20(25(16-22)34-35(3,32)33)18-30(17-19-10-13-21(28)14-11-19)26(31)23-8-6-7-9-24(23)27/h6-16H,4-5,17-18H2,1-3H3. The number of hydrogen-bond acceptors (Lipinski definition) is 5. The lowest BCUT2D eigenvalue weighted by Gasteiger charge is -2.26. The van der Waals surface area contributed by atoms with Crippen molar-refractivity contribution in [3.05, 3.63) is 94.3 Å². The monoisotopic (exact) mass is 518 g/mol. The highest BCUT2D eigenvalue weighted by atomic mass is 35.5. The molecule has 0 radical (unpaired) electrons. The van der Waals surface area contributed by atoms with E-state index in [2.05, 4.69) is 4.90 Å². The summed E-state index contributed by atoms with van der Waals surface area (Å²) in [5.41, 5.74) is 2.33. The quantitative estimate of drug-likeness (QED) is 0.331. The fourth-order valence-corrected chi connectivity index (χ4v) is 4.42. The van der Waals surface area contributed by atoms with Crippen molar-refractivity contribution in [1.82, 2.24) is 4.90 Å². The van der Waals surface area contributed by atoms with Gasteiger partial charge in [0, 0.05) is 37.0 Å². The van der Waals surface area contributed by atoms with Gasteiger partial charge in [0.25, 0.3) is 5.91 Å². The Morgan fingerprint density at radius 2 is 1.63 bits per heavy atom. The van der Waals surface area contributed by atoms with Crippen molar-refractivity contribution in [1.29, 1.82) is 0 Å². The summed E-state index contributed by atoms with van der Waals surface area (Å²) >= 11 is 6.29. The van der Waals surface area contributed by atoms with E-state index in [0.29, 0.717) is 21.7 Å². The summed E-state index contributed by atoms with van der Waals surface area (Å²) in [4.78, 5) is 17.1. The summed E-state index contributed by atoms with van der Waals surface area (Å²) in [5.74, 6) is -0.584. The van der Waals surface area contributed by atoms with Crippen LogP contribution in [0.15, 0.2) is 66.7 Å². The van der Waals surface area contributed by atoms with E-state index in [9.17, 15) is 17.6 Å². The molecule has 6 nitrogen and oxygen atoms in total. The Morgan fingerprint density at radius 1 is 0.971 bits per heavy atom. The maximum atomic E-state index is 13.5. The van der Waals surface area contributed by atoms with E-state index < -0.39 is 10.1 Å². The van der Waals surface area contributed by atoms with Crippen molar-refractivity contribution in [3.63, 3.8) is 0 Å². The maximum Gasteiger partial charge on any atom is 0.306 e. The Kier molecular flexibility index (Phi) is 8.75. The summed E-state index contributed by atoms with van der Waals surface area (Å²) in [7, 11) is -3.82. The van der Waals surface area contributed by atoms with Crippen LogP contribution in [0.1, 0.15) is 35.3 Å². The smallest absolute Gasteiger partial charge is 0.306 e. The summed E-state index contributed by atoms with van der Waals surface area (Å²) in [5, 5.41) is 0.297. The molecule has 0 heterocycles. The van der Waals surface area contributed by atoms with Crippen LogP contribution >= 0.6 is 11.6 Å². The lowest BCUT2D eigenvalue weighted by Crippen LogP contribution is -2.31. The first-order chi connectivity index (χ1) is 16.6. The highest BCUT2D eigenvalue weighted by molar-refractivity contribution is 7.86. The van der Waals surface area contributed by atoms with E-state index in [0.717, 1.165) is 25.0 Å². The second-order valence-electron chi connectivity index (χ2n) is 8.02. The van der Waals surface area contributed by atoms with Gasteiger partial charge in [-0.1, -0.05) is 41.9 Å². The number of anilines is 1. The largest absolute Gasteiger partial charge is 0.382 e. The minimum absolute atomic E-state index is 0.0464. The summed E-state index contributed by atoms with van der Waals surface area (Å²) in [6.45, 7) is 5.67. The molecule has 0 unspecified atom stereocenters. The number of benzene rings is 3. The van der Waals surface area contributed by atoms with Gasteiger partial charge in [-0.3, -0.25) is 4.79 Å². The van der Waals surface area contributed by atoms with E-state index >= 15 is 0 Å². The van der Waals surface area contributed by atoms with Crippen molar-refractivity contribution in [2.24, 2.45) is 0 Å². The van der Waals surface area contributed by atoms with Gasteiger partial charge in [-0.25, -0.2) is 4.39 Å². The third-order valence-electron chi connectivity index (χ3n) is 5.46. The molecule has 0 N–H and O–H groups in total. The van der Waals surface area contributed by atoms with Gasteiger partial charge in [-0.15, -0.1) is 0 Å². The highest BCUT2D eigenvalue weighted by Gasteiger charge is 2.22. The molecule has 0 saturated heterocycles. The van der Waals surface area contributed by atoms with Crippen LogP contribution < -0.4 is 9.08 Å². The number of carbonyl (C=O) groups excluding carboxylic acids is 1. The molecule has 0 aliphatic heterocycles. The van der Waals surface area contributed by atoms with Crippen LogP contribution in [-0.4, -0.2) is 38.6 Å². The molecule has 0 aromatic heterocycles. The molecule has 0 fully saturated rings. The van der Waals surface area contributed by atoms with Gasteiger partial charge in [0.2, 0.25) is 0 Å². The number of rotatable bonds is 10. The summed E-state index contributed by atoms with van der Waals surface area (Å²) < 4.78 is 42.8. The molecule has 3 aromatic rings. The van der Waals surface area contributed by atoms with Crippen molar-refractivity contribution < 1.29 is 21.8 Å². The topological polar surface area (TPSA) is 66.9 Å². The van der Waals surface area contributed by atoms with Crippen molar-refractivity contribution in [2.45, 2.75) is 26.9 Å². The summed E-state index contributed by atoms with van der Waals surface area (Å²) in [6, 6.07) is 17.8. The van der Waals surface area contributed by atoms with Crippen molar-refractivity contribution in [2.75, 3.05) is 24.2 Å². The highest BCUT2D eigenvalue weighted by Crippen LogP contribution is 2.30. The molecule has 0 saturated carbocycles. The molecule has 0 atom stereocenters. The Morgan fingerprint density at radius 3 is 2.23 bits per heavy atom. The van der Waals surface area contributed by atoms with Crippen LogP contribution in [0.4, 0.5) is 10.1 Å². The van der Waals surface area contributed by atoms with Gasteiger partial charge in [-0.2, -0.15) is 8.42 Å². The molecular weight excluding hydrogens is 491 g/mol. The second kappa shape index (κ2) is 11.6. The fourth-order valence-electron chi connectivity index (χ4n) is 3.72. The minimum atomic E-state index is -3.82.